The highest BCUT2D eigenvalue weighted by Crippen LogP contribution is 2.24. The summed E-state index contributed by atoms with van der Waals surface area (Å²) in [6.07, 6.45) is 2.19. The molecule has 1 heterocycles. The molecule has 0 N–H and O–H groups in total. The number of hydrogen-bond acceptors (Lipinski definition) is 3. The Labute approximate surface area is 99.0 Å². The first kappa shape index (κ1) is 10.3. The second-order valence-corrected chi connectivity index (χ2v) is 4.07. The van der Waals surface area contributed by atoms with Crippen LogP contribution in [-0.2, 0) is 0 Å². The molecule has 2 aromatic rings. The van der Waals surface area contributed by atoms with Crippen LogP contribution in [0.1, 0.15) is 10.5 Å². The average Bonchev–Trinajstić information content (AvgIpc) is 2.70. The second-order valence-electron chi connectivity index (χ2n) is 2.80. The van der Waals surface area contributed by atoms with Crippen LogP contribution < -0.4 is 0 Å². The Hall–Kier alpha value is -1.20. The first-order chi connectivity index (χ1) is 7.20. The Morgan fingerprint density at radius 2 is 2.27 bits per heavy atom. The van der Waals surface area contributed by atoms with Gasteiger partial charge in [-0.2, -0.15) is 0 Å². The minimum atomic E-state index is 0.293. The molecule has 0 atom stereocenters. The van der Waals surface area contributed by atoms with E-state index in [4.69, 9.17) is 11.6 Å². The Morgan fingerprint density at radius 1 is 1.47 bits per heavy atom. The zero-order valence-electron chi connectivity index (χ0n) is 7.39. The Bertz CT molecular complexity index is 512. The molecule has 0 radical (unpaired) electrons. The quantitative estimate of drug-likeness (QED) is 0.797. The van der Waals surface area contributed by atoms with E-state index < -0.39 is 0 Å². The molecule has 76 valence electrons. The number of benzene rings is 1. The zero-order chi connectivity index (χ0) is 10.8. The number of carbonyl (C=O) groups is 1. The number of rotatable bonds is 2. The molecule has 15 heavy (non-hydrogen) atoms. The van der Waals surface area contributed by atoms with Gasteiger partial charge in [0.1, 0.15) is 5.69 Å². The molecular formula is C9H5BrClN3O. The van der Waals surface area contributed by atoms with Crippen molar-refractivity contribution in [2.45, 2.75) is 0 Å². The Morgan fingerprint density at radius 3 is 2.87 bits per heavy atom. The molecule has 6 heteroatoms. The van der Waals surface area contributed by atoms with Crippen molar-refractivity contribution in [3.05, 3.63) is 39.6 Å². The molecule has 0 saturated carbocycles. The fourth-order valence-electron chi connectivity index (χ4n) is 1.08. The molecule has 0 amide bonds. The third-order valence-electron chi connectivity index (χ3n) is 1.80. The van der Waals surface area contributed by atoms with E-state index >= 15 is 0 Å². The monoisotopic (exact) mass is 285 g/mol. The van der Waals surface area contributed by atoms with Crippen molar-refractivity contribution in [2.75, 3.05) is 0 Å². The molecule has 0 aliphatic rings. The highest BCUT2D eigenvalue weighted by Gasteiger charge is 2.03. The predicted octanol–water partition coefficient (Wildman–Crippen LogP) is 2.50. The topological polar surface area (TPSA) is 47.8 Å². The maximum absolute atomic E-state index is 10.4. The standard InChI is InChI=1S/C9H5BrClN3O/c10-8-3-7(1-2-9(8)11)14-4-6(5-15)12-13-14/h1-5H. The molecule has 0 bridgehead atoms. The summed E-state index contributed by atoms with van der Waals surface area (Å²) in [7, 11) is 0. The summed E-state index contributed by atoms with van der Waals surface area (Å²) in [5.41, 5.74) is 1.08. The van der Waals surface area contributed by atoms with Gasteiger partial charge < -0.3 is 0 Å². The lowest BCUT2D eigenvalue weighted by molar-refractivity contribution is 0.111. The summed E-state index contributed by atoms with van der Waals surface area (Å²) in [6.45, 7) is 0. The Kier molecular flexibility index (Phi) is 2.83. The highest BCUT2D eigenvalue weighted by molar-refractivity contribution is 9.10. The van der Waals surface area contributed by atoms with Crippen molar-refractivity contribution in [3.8, 4) is 5.69 Å². The summed E-state index contributed by atoms with van der Waals surface area (Å²) in [6, 6.07) is 5.32. The molecular weight excluding hydrogens is 281 g/mol. The maximum Gasteiger partial charge on any atom is 0.171 e. The van der Waals surface area contributed by atoms with Crippen LogP contribution in [0.3, 0.4) is 0 Å². The van der Waals surface area contributed by atoms with E-state index in [0.29, 0.717) is 17.0 Å². The van der Waals surface area contributed by atoms with E-state index in [1.54, 1.807) is 24.4 Å². The number of aldehydes is 1. The fraction of sp³-hybridized carbons (Fsp3) is 0. The van der Waals surface area contributed by atoms with Gasteiger partial charge in [0.15, 0.2) is 6.29 Å². The highest BCUT2D eigenvalue weighted by atomic mass is 79.9. The fourth-order valence-corrected chi connectivity index (χ4v) is 1.57. The maximum atomic E-state index is 10.4. The molecule has 0 unspecified atom stereocenters. The molecule has 0 aliphatic heterocycles. The molecule has 1 aromatic carbocycles. The molecule has 0 saturated heterocycles. The molecule has 1 aromatic heterocycles. The van der Waals surface area contributed by atoms with E-state index in [1.807, 2.05) is 0 Å². The minimum Gasteiger partial charge on any atom is -0.296 e. The van der Waals surface area contributed by atoms with Crippen molar-refractivity contribution in [3.63, 3.8) is 0 Å². The molecule has 4 nitrogen and oxygen atoms in total. The van der Waals surface area contributed by atoms with Gasteiger partial charge in [0.2, 0.25) is 0 Å². The normalized spacial score (nSPS) is 10.3. The predicted molar refractivity (Wildman–Crippen MR) is 59.5 cm³/mol. The van der Waals surface area contributed by atoms with Crippen LogP contribution in [0.15, 0.2) is 28.9 Å². The molecule has 2 rings (SSSR count). The SMILES string of the molecule is O=Cc1cn(-c2ccc(Cl)c(Br)c2)nn1. The van der Waals surface area contributed by atoms with Crippen LogP contribution in [0.4, 0.5) is 0 Å². The molecule has 0 aliphatic carbocycles. The lowest BCUT2D eigenvalue weighted by Gasteiger charge is -2.01. The van der Waals surface area contributed by atoms with Crippen LogP contribution in [0.2, 0.25) is 5.02 Å². The number of aromatic nitrogens is 3. The van der Waals surface area contributed by atoms with Gasteiger partial charge in [0.05, 0.1) is 16.9 Å². The minimum absolute atomic E-state index is 0.293. The van der Waals surface area contributed by atoms with Crippen molar-refractivity contribution in [1.82, 2.24) is 15.0 Å². The molecule has 0 fully saturated rings. The van der Waals surface area contributed by atoms with Gasteiger partial charge in [0, 0.05) is 4.47 Å². The Balaban J connectivity index is 2.44. The van der Waals surface area contributed by atoms with Crippen LogP contribution in [0, 0.1) is 0 Å². The number of carbonyl (C=O) groups excluding carboxylic acids is 1. The number of halogens is 2. The van der Waals surface area contributed by atoms with E-state index in [2.05, 4.69) is 26.2 Å². The van der Waals surface area contributed by atoms with Gasteiger partial charge in [-0.25, -0.2) is 4.68 Å². The number of nitrogens with zero attached hydrogens (tertiary/aromatic N) is 3. The van der Waals surface area contributed by atoms with Gasteiger partial charge in [-0.3, -0.25) is 4.79 Å². The van der Waals surface area contributed by atoms with Crippen LogP contribution in [-0.4, -0.2) is 21.3 Å². The van der Waals surface area contributed by atoms with E-state index in [1.165, 1.54) is 4.68 Å². The zero-order valence-corrected chi connectivity index (χ0v) is 9.73. The third-order valence-corrected chi connectivity index (χ3v) is 3.01. The van der Waals surface area contributed by atoms with Crippen LogP contribution >= 0.6 is 27.5 Å². The van der Waals surface area contributed by atoms with E-state index in [0.717, 1.165) is 10.2 Å². The van der Waals surface area contributed by atoms with Crippen molar-refractivity contribution >= 4 is 33.8 Å². The first-order valence-corrected chi connectivity index (χ1v) is 5.21. The summed E-state index contributed by atoms with van der Waals surface area (Å²) in [5, 5.41) is 8.08. The number of hydrogen-bond donors (Lipinski definition) is 0. The smallest absolute Gasteiger partial charge is 0.171 e. The lowest BCUT2D eigenvalue weighted by atomic mass is 10.3. The van der Waals surface area contributed by atoms with E-state index in [-0.39, 0.29) is 0 Å². The first-order valence-electron chi connectivity index (χ1n) is 4.03. The summed E-state index contributed by atoms with van der Waals surface area (Å²) >= 11 is 9.16. The second kappa shape index (κ2) is 4.12. The van der Waals surface area contributed by atoms with Gasteiger partial charge in [-0.1, -0.05) is 16.8 Å². The van der Waals surface area contributed by atoms with Gasteiger partial charge in [-0.15, -0.1) is 5.10 Å². The summed E-state index contributed by atoms with van der Waals surface area (Å²) in [4.78, 5) is 10.4. The largest absolute Gasteiger partial charge is 0.296 e. The van der Waals surface area contributed by atoms with Gasteiger partial charge >= 0.3 is 0 Å². The van der Waals surface area contributed by atoms with Gasteiger partial charge in [-0.05, 0) is 34.1 Å². The van der Waals surface area contributed by atoms with Crippen molar-refractivity contribution < 1.29 is 4.79 Å². The van der Waals surface area contributed by atoms with Crippen LogP contribution in [0.5, 0.6) is 0 Å². The van der Waals surface area contributed by atoms with Crippen LogP contribution in [0.25, 0.3) is 5.69 Å². The van der Waals surface area contributed by atoms with E-state index in [9.17, 15) is 4.79 Å². The molecule has 0 spiro atoms. The average molecular weight is 287 g/mol. The van der Waals surface area contributed by atoms with Crippen molar-refractivity contribution in [2.24, 2.45) is 0 Å². The summed E-state index contributed by atoms with van der Waals surface area (Å²) in [5.74, 6) is 0. The lowest BCUT2D eigenvalue weighted by Crippen LogP contribution is -1.94. The third kappa shape index (κ3) is 2.08. The summed E-state index contributed by atoms with van der Waals surface area (Å²) < 4.78 is 2.27. The van der Waals surface area contributed by atoms with Crippen molar-refractivity contribution in [1.29, 1.82) is 0 Å². The van der Waals surface area contributed by atoms with Gasteiger partial charge in [0.25, 0.3) is 0 Å².